The Kier molecular flexibility index (Phi) is 2.66. The van der Waals surface area contributed by atoms with E-state index < -0.39 is 5.97 Å². The van der Waals surface area contributed by atoms with Gasteiger partial charge in [-0.05, 0) is 18.6 Å². The van der Waals surface area contributed by atoms with Crippen molar-refractivity contribution in [3.63, 3.8) is 0 Å². The van der Waals surface area contributed by atoms with E-state index in [0.717, 1.165) is 5.56 Å². The smallest absolute Gasteiger partial charge is 0.341 e. The van der Waals surface area contributed by atoms with Crippen LogP contribution in [0.5, 0.6) is 0 Å². The van der Waals surface area contributed by atoms with E-state index in [1.807, 2.05) is 0 Å². The SMILES string of the molecule is Cc1c(Cl)cccc1-c1oncc1C(=O)O. The van der Waals surface area contributed by atoms with E-state index in [-0.39, 0.29) is 11.3 Å². The van der Waals surface area contributed by atoms with Gasteiger partial charge in [0.2, 0.25) is 0 Å². The Morgan fingerprint density at radius 3 is 2.94 bits per heavy atom. The molecule has 1 aromatic heterocycles. The highest BCUT2D eigenvalue weighted by Gasteiger charge is 2.18. The quantitative estimate of drug-likeness (QED) is 0.872. The number of aromatic carboxylic acids is 1. The van der Waals surface area contributed by atoms with E-state index in [0.29, 0.717) is 10.6 Å². The molecule has 82 valence electrons. The third kappa shape index (κ3) is 1.67. The molecule has 2 rings (SSSR count). The molecule has 5 heteroatoms. The van der Waals surface area contributed by atoms with E-state index in [9.17, 15) is 4.79 Å². The summed E-state index contributed by atoms with van der Waals surface area (Å²) < 4.78 is 4.96. The van der Waals surface area contributed by atoms with E-state index in [4.69, 9.17) is 21.2 Å². The topological polar surface area (TPSA) is 63.3 Å². The van der Waals surface area contributed by atoms with Crippen molar-refractivity contribution in [1.29, 1.82) is 0 Å². The lowest BCUT2D eigenvalue weighted by Gasteiger charge is -2.04. The van der Waals surface area contributed by atoms with Crippen LogP contribution in [0.2, 0.25) is 5.02 Å². The van der Waals surface area contributed by atoms with Crippen LogP contribution in [0.4, 0.5) is 0 Å². The van der Waals surface area contributed by atoms with Crippen molar-refractivity contribution >= 4 is 17.6 Å². The summed E-state index contributed by atoms with van der Waals surface area (Å²) in [6.45, 7) is 1.80. The van der Waals surface area contributed by atoms with Crippen LogP contribution in [0, 0.1) is 6.92 Å². The molecule has 1 N–H and O–H groups in total. The van der Waals surface area contributed by atoms with Gasteiger partial charge >= 0.3 is 5.97 Å². The van der Waals surface area contributed by atoms with Crippen molar-refractivity contribution in [2.75, 3.05) is 0 Å². The average Bonchev–Trinajstić information content (AvgIpc) is 2.70. The molecule has 4 nitrogen and oxygen atoms in total. The van der Waals surface area contributed by atoms with Crippen molar-refractivity contribution in [2.45, 2.75) is 6.92 Å². The van der Waals surface area contributed by atoms with Crippen LogP contribution in [0.1, 0.15) is 15.9 Å². The first kappa shape index (κ1) is 10.7. The largest absolute Gasteiger partial charge is 0.477 e. The summed E-state index contributed by atoms with van der Waals surface area (Å²) in [7, 11) is 0. The lowest BCUT2D eigenvalue weighted by atomic mass is 10.0. The lowest BCUT2D eigenvalue weighted by molar-refractivity contribution is 0.0697. The fourth-order valence-corrected chi connectivity index (χ4v) is 1.61. The van der Waals surface area contributed by atoms with Gasteiger partial charge in [-0.25, -0.2) is 4.79 Å². The molecule has 0 spiro atoms. The second-order valence-corrected chi connectivity index (χ2v) is 3.69. The maximum Gasteiger partial charge on any atom is 0.341 e. The van der Waals surface area contributed by atoms with Crippen LogP contribution >= 0.6 is 11.6 Å². The number of hydrogen-bond acceptors (Lipinski definition) is 3. The summed E-state index contributed by atoms with van der Waals surface area (Å²) in [4.78, 5) is 10.9. The fourth-order valence-electron chi connectivity index (χ4n) is 1.44. The third-order valence-electron chi connectivity index (χ3n) is 2.31. The first-order valence-corrected chi connectivity index (χ1v) is 4.92. The highest BCUT2D eigenvalue weighted by molar-refractivity contribution is 6.31. The van der Waals surface area contributed by atoms with Crippen molar-refractivity contribution in [3.8, 4) is 11.3 Å². The molecule has 1 aromatic carbocycles. The Balaban J connectivity index is 2.63. The summed E-state index contributed by atoms with van der Waals surface area (Å²) in [5, 5.41) is 13.0. The van der Waals surface area contributed by atoms with Gasteiger partial charge in [-0.2, -0.15) is 0 Å². The fraction of sp³-hybridized carbons (Fsp3) is 0.0909. The number of hydrogen-bond donors (Lipinski definition) is 1. The lowest BCUT2D eigenvalue weighted by Crippen LogP contribution is -1.96. The molecule has 0 fully saturated rings. The number of nitrogens with zero attached hydrogens (tertiary/aromatic N) is 1. The molecular weight excluding hydrogens is 230 g/mol. The number of carboxylic acid groups (broad SMARTS) is 1. The van der Waals surface area contributed by atoms with Crippen LogP contribution in [-0.2, 0) is 0 Å². The number of benzene rings is 1. The second-order valence-electron chi connectivity index (χ2n) is 3.29. The van der Waals surface area contributed by atoms with Gasteiger partial charge in [-0.1, -0.05) is 28.9 Å². The molecule has 0 bridgehead atoms. The van der Waals surface area contributed by atoms with Gasteiger partial charge in [0.05, 0.1) is 6.20 Å². The highest BCUT2D eigenvalue weighted by atomic mass is 35.5. The van der Waals surface area contributed by atoms with E-state index in [2.05, 4.69) is 5.16 Å². The predicted octanol–water partition coefficient (Wildman–Crippen LogP) is 3.00. The number of carbonyl (C=O) groups is 1. The van der Waals surface area contributed by atoms with Gasteiger partial charge in [-0.3, -0.25) is 0 Å². The summed E-state index contributed by atoms with van der Waals surface area (Å²) in [6, 6.07) is 5.21. The molecule has 2 aromatic rings. The van der Waals surface area contributed by atoms with Crippen LogP contribution in [0.15, 0.2) is 28.9 Å². The summed E-state index contributed by atoms with van der Waals surface area (Å²) in [5.41, 5.74) is 1.44. The van der Waals surface area contributed by atoms with Crippen LogP contribution in [0.25, 0.3) is 11.3 Å². The maximum atomic E-state index is 10.9. The van der Waals surface area contributed by atoms with Crippen LogP contribution in [0.3, 0.4) is 0 Å². The molecule has 16 heavy (non-hydrogen) atoms. The zero-order valence-electron chi connectivity index (χ0n) is 8.40. The van der Waals surface area contributed by atoms with Crippen LogP contribution < -0.4 is 0 Å². The Morgan fingerprint density at radius 1 is 1.50 bits per heavy atom. The van der Waals surface area contributed by atoms with Crippen molar-refractivity contribution in [1.82, 2.24) is 5.16 Å². The molecule has 0 unspecified atom stereocenters. The Hall–Kier alpha value is -1.81. The van der Waals surface area contributed by atoms with Crippen molar-refractivity contribution in [2.24, 2.45) is 0 Å². The Bertz CT molecular complexity index is 548. The normalized spacial score (nSPS) is 10.4. The molecular formula is C11H8ClNO3. The maximum absolute atomic E-state index is 10.9. The third-order valence-corrected chi connectivity index (χ3v) is 2.72. The summed E-state index contributed by atoms with van der Waals surface area (Å²) in [5.74, 6) is -0.844. The summed E-state index contributed by atoms with van der Waals surface area (Å²) >= 11 is 5.95. The molecule has 1 heterocycles. The number of carboxylic acids is 1. The van der Waals surface area contributed by atoms with Gasteiger partial charge in [0, 0.05) is 10.6 Å². The van der Waals surface area contributed by atoms with Crippen molar-refractivity contribution < 1.29 is 14.4 Å². The molecule has 0 saturated heterocycles. The molecule has 0 aliphatic heterocycles. The Labute approximate surface area is 96.4 Å². The van der Waals surface area contributed by atoms with Gasteiger partial charge in [0.1, 0.15) is 5.56 Å². The van der Waals surface area contributed by atoms with Crippen LogP contribution in [-0.4, -0.2) is 16.2 Å². The van der Waals surface area contributed by atoms with Gasteiger partial charge in [-0.15, -0.1) is 0 Å². The monoisotopic (exact) mass is 237 g/mol. The standard InChI is InChI=1S/C11H8ClNO3/c1-6-7(3-2-4-9(6)12)10-8(11(14)15)5-13-16-10/h2-5H,1H3,(H,14,15). The first-order chi connectivity index (χ1) is 7.61. The molecule has 0 aliphatic rings. The van der Waals surface area contributed by atoms with Gasteiger partial charge in [0.25, 0.3) is 0 Å². The van der Waals surface area contributed by atoms with Gasteiger partial charge in [0.15, 0.2) is 5.76 Å². The van der Waals surface area contributed by atoms with Gasteiger partial charge < -0.3 is 9.63 Å². The molecule has 0 aliphatic carbocycles. The second kappa shape index (κ2) is 3.98. The predicted molar refractivity (Wildman–Crippen MR) is 58.6 cm³/mol. The molecule has 0 amide bonds. The molecule has 0 radical (unpaired) electrons. The van der Waals surface area contributed by atoms with E-state index >= 15 is 0 Å². The summed E-state index contributed by atoms with van der Waals surface area (Å²) in [6.07, 6.45) is 1.18. The number of halogens is 1. The zero-order valence-corrected chi connectivity index (χ0v) is 9.15. The number of rotatable bonds is 2. The van der Waals surface area contributed by atoms with E-state index in [1.165, 1.54) is 6.20 Å². The zero-order chi connectivity index (χ0) is 11.7. The number of aromatic nitrogens is 1. The molecule has 0 atom stereocenters. The minimum absolute atomic E-state index is 0.0327. The highest BCUT2D eigenvalue weighted by Crippen LogP contribution is 2.30. The minimum Gasteiger partial charge on any atom is -0.477 e. The Morgan fingerprint density at radius 2 is 2.25 bits per heavy atom. The van der Waals surface area contributed by atoms with Crippen molar-refractivity contribution in [3.05, 3.63) is 40.5 Å². The van der Waals surface area contributed by atoms with E-state index in [1.54, 1.807) is 25.1 Å². The average molecular weight is 238 g/mol. The first-order valence-electron chi connectivity index (χ1n) is 4.54. The molecule has 0 saturated carbocycles. The minimum atomic E-state index is -1.07.